The molecule has 3 rings (SSSR count). The first kappa shape index (κ1) is 15.1. The number of nitrogens with one attached hydrogen (secondary N) is 1. The predicted molar refractivity (Wildman–Crippen MR) is 87.4 cm³/mol. The fourth-order valence-corrected chi connectivity index (χ4v) is 5.37. The molecule has 21 heavy (non-hydrogen) atoms. The number of nitrogens with zero attached hydrogens (tertiary/aromatic N) is 2. The highest BCUT2D eigenvalue weighted by molar-refractivity contribution is 8.01. The van der Waals surface area contributed by atoms with E-state index in [-0.39, 0.29) is 0 Å². The summed E-state index contributed by atoms with van der Waals surface area (Å²) in [6.45, 7) is 1.49. The number of anilines is 1. The van der Waals surface area contributed by atoms with Crippen molar-refractivity contribution >= 4 is 27.4 Å². The molecule has 7 heteroatoms. The summed E-state index contributed by atoms with van der Waals surface area (Å²) in [5, 5.41) is 3.02. The number of sulfone groups is 1. The van der Waals surface area contributed by atoms with Crippen molar-refractivity contribution in [3.63, 3.8) is 0 Å². The van der Waals surface area contributed by atoms with Crippen molar-refractivity contribution in [3.05, 3.63) is 23.9 Å². The molecule has 0 amide bonds. The minimum Gasteiger partial charge on any atom is -0.338 e. The maximum absolute atomic E-state index is 12.1. The van der Waals surface area contributed by atoms with E-state index in [4.69, 9.17) is 0 Å². The van der Waals surface area contributed by atoms with Crippen molar-refractivity contribution in [2.75, 3.05) is 29.2 Å². The van der Waals surface area contributed by atoms with Gasteiger partial charge in [-0.1, -0.05) is 6.07 Å². The molecule has 2 fully saturated rings. The molecule has 1 atom stereocenters. The molecule has 2 aliphatic rings. The Hall–Kier alpha value is -0.790. The minimum atomic E-state index is -3.11. The minimum absolute atomic E-state index is 0.467. The smallest absolute Gasteiger partial charge is 0.169 e. The molecule has 1 aromatic heterocycles. The summed E-state index contributed by atoms with van der Waals surface area (Å²) in [6, 6.07) is 4.58. The second kappa shape index (κ2) is 6.14. The standard InChI is InChI=1S/C14H21N3O2S2/c1-21(18,19)13-10-20-8-7-17(13)14-11(3-2-6-15-14)9-16-12-4-5-12/h2-3,6,12-13,16H,4-5,7-10H2,1H3. The van der Waals surface area contributed by atoms with E-state index >= 15 is 0 Å². The summed E-state index contributed by atoms with van der Waals surface area (Å²) in [5.74, 6) is 2.38. The van der Waals surface area contributed by atoms with E-state index in [9.17, 15) is 8.42 Å². The molecule has 1 N–H and O–H groups in total. The molecule has 0 bridgehead atoms. The SMILES string of the molecule is CS(=O)(=O)C1CSCCN1c1ncccc1CNC1CC1. The summed E-state index contributed by atoms with van der Waals surface area (Å²) in [5.41, 5.74) is 1.09. The highest BCUT2D eigenvalue weighted by Gasteiger charge is 2.33. The lowest BCUT2D eigenvalue weighted by atomic mass is 10.2. The van der Waals surface area contributed by atoms with E-state index in [1.54, 1.807) is 18.0 Å². The van der Waals surface area contributed by atoms with E-state index in [1.807, 2.05) is 17.0 Å². The Labute approximate surface area is 130 Å². The molecule has 116 valence electrons. The zero-order valence-electron chi connectivity index (χ0n) is 12.2. The lowest BCUT2D eigenvalue weighted by molar-refractivity contribution is 0.582. The van der Waals surface area contributed by atoms with Crippen LogP contribution >= 0.6 is 11.8 Å². The Morgan fingerprint density at radius 3 is 3.00 bits per heavy atom. The van der Waals surface area contributed by atoms with Crippen LogP contribution in [-0.2, 0) is 16.4 Å². The van der Waals surface area contributed by atoms with Gasteiger partial charge in [0, 0.05) is 48.7 Å². The number of hydrogen-bond acceptors (Lipinski definition) is 6. The van der Waals surface area contributed by atoms with Crippen molar-refractivity contribution in [2.45, 2.75) is 30.8 Å². The zero-order valence-corrected chi connectivity index (χ0v) is 13.8. The Balaban J connectivity index is 1.86. The van der Waals surface area contributed by atoms with Crippen LogP contribution in [0.25, 0.3) is 0 Å². The van der Waals surface area contributed by atoms with Gasteiger partial charge in [0.2, 0.25) is 0 Å². The largest absolute Gasteiger partial charge is 0.338 e. The lowest BCUT2D eigenvalue weighted by Crippen LogP contribution is -2.48. The fraction of sp³-hybridized carbons (Fsp3) is 0.643. The van der Waals surface area contributed by atoms with Gasteiger partial charge < -0.3 is 10.2 Å². The molecule has 0 radical (unpaired) electrons. The van der Waals surface area contributed by atoms with Crippen LogP contribution in [0.5, 0.6) is 0 Å². The van der Waals surface area contributed by atoms with E-state index < -0.39 is 15.2 Å². The average Bonchev–Trinajstić information content (AvgIpc) is 3.29. The van der Waals surface area contributed by atoms with E-state index in [2.05, 4.69) is 10.3 Å². The highest BCUT2D eigenvalue weighted by Crippen LogP contribution is 2.28. The van der Waals surface area contributed by atoms with Gasteiger partial charge in [-0.3, -0.25) is 0 Å². The first-order chi connectivity index (χ1) is 10.1. The molecule has 0 aromatic carbocycles. The molecular weight excluding hydrogens is 306 g/mol. The number of aromatic nitrogens is 1. The summed E-state index contributed by atoms with van der Waals surface area (Å²) in [6.07, 6.45) is 5.54. The molecule has 1 aromatic rings. The van der Waals surface area contributed by atoms with Crippen LogP contribution in [0.15, 0.2) is 18.3 Å². The van der Waals surface area contributed by atoms with Crippen LogP contribution in [0.3, 0.4) is 0 Å². The van der Waals surface area contributed by atoms with Crippen LogP contribution in [0.4, 0.5) is 5.82 Å². The Bertz CT molecular complexity index is 602. The van der Waals surface area contributed by atoms with Crippen LogP contribution < -0.4 is 10.2 Å². The molecular formula is C14H21N3O2S2. The maximum atomic E-state index is 12.1. The molecule has 5 nitrogen and oxygen atoms in total. The molecule has 2 heterocycles. The van der Waals surface area contributed by atoms with E-state index in [0.29, 0.717) is 11.8 Å². The third kappa shape index (κ3) is 3.70. The molecule has 1 aliphatic heterocycles. The monoisotopic (exact) mass is 327 g/mol. The third-order valence-corrected chi connectivity index (χ3v) is 6.52. The Morgan fingerprint density at radius 1 is 1.48 bits per heavy atom. The normalized spacial score (nSPS) is 23.3. The third-order valence-electron chi connectivity index (χ3n) is 3.88. The second-order valence-electron chi connectivity index (χ2n) is 5.69. The van der Waals surface area contributed by atoms with Gasteiger partial charge in [-0.2, -0.15) is 11.8 Å². The number of hydrogen-bond donors (Lipinski definition) is 1. The van der Waals surface area contributed by atoms with Gasteiger partial charge in [-0.05, 0) is 18.9 Å². The maximum Gasteiger partial charge on any atom is 0.169 e. The molecule has 1 saturated carbocycles. The van der Waals surface area contributed by atoms with Gasteiger partial charge in [-0.15, -0.1) is 0 Å². The molecule has 0 spiro atoms. The highest BCUT2D eigenvalue weighted by atomic mass is 32.2. The Morgan fingerprint density at radius 2 is 2.29 bits per heavy atom. The van der Waals surface area contributed by atoms with Gasteiger partial charge in [0.15, 0.2) is 9.84 Å². The van der Waals surface area contributed by atoms with Crippen LogP contribution in [0.2, 0.25) is 0 Å². The van der Waals surface area contributed by atoms with E-state index in [0.717, 1.165) is 30.2 Å². The number of pyridine rings is 1. The quantitative estimate of drug-likeness (QED) is 0.878. The molecule has 1 unspecified atom stereocenters. The summed E-state index contributed by atoms with van der Waals surface area (Å²) in [7, 11) is -3.11. The first-order valence-corrected chi connectivity index (χ1v) is 10.4. The van der Waals surface area contributed by atoms with Crippen molar-refractivity contribution in [3.8, 4) is 0 Å². The van der Waals surface area contributed by atoms with Crippen molar-refractivity contribution in [1.82, 2.24) is 10.3 Å². The van der Waals surface area contributed by atoms with Crippen molar-refractivity contribution in [2.24, 2.45) is 0 Å². The summed E-state index contributed by atoms with van der Waals surface area (Å²) >= 11 is 1.70. The van der Waals surface area contributed by atoms with Crippen LogP contribution in [0.1, 0.15) is 18.4 Å². The van der Waals surface area contributed by atoms with Crippen molar-refractivity contribution in [1.29, 1.82) is 0 Å². The van der Waals surface area contributed by atoms with Gasteiger partial charge in [-0.25, -0.2) is 13.4 Å². The molecule has 1 aliphatic carbocycles. The Kier molecular flexibility index (Phi) is 4.42. The summed E-state index contributed by atoms with van der Waals surface area (Å²) < 4.78 is 24.1. The van der Waals surface area contributed by atoms with Crippen molar-refractivity contribution < 1.29 is 8.42 Å². The molecule has 1 saturated heterocycles. The zero-order chi connectivity index (χ0) is 14.9. The lowest BCUT2D eigenvalue weighted by Gasteiger charge is -2.36. The second-order valence-corrected chi connectivity index (χ2v) is 9.05. The van der Waals surface area contributed by atoms with Gasteiger partial charge in [0.1, 0.15) is 11.2 Å². The van der Waals surface area contributed by atoms with Crippen LogP contribution in [0, 0.1) is 0 Å². The topological polar surface area (TPSA) is 62.3 Å². The number of rotatable bonds is 5. The van der Waals surface area contributed by atoms with Crippen LogP contribution in [-0.4, -0.2) is 49.1 Å². The fourth-order valence-electron chi connectivity index (χ4n) is 2.55. The van der Waals surface area contributed by atoms with E-state index in [1.165, 1.54) is 19.1 Å². The number of thioether (sulfide) groups is 1. The first-order valence-electron chi connectivity index (χ1n) is 7.26. The summed E-state index contributed by atoms with van der Waals surface area (Å²) in [4.78, 5) is 6.44. The van der Waals surface area contributed by atoms with Gasteiger partial charge >= 0.3 is 0 Å². The average molecular weight is 327 g/mol. The van der Waals surface area contributed by atoms with Gasteiger partial charge in [0.25, 0.3) is 0 Å². The van der Waals surface area contributed by atoms with Gasteiger partial charge in [0.05, 0.1) is 0 Å². The predicted octanol–water partition coefficient (Wildman–Crippen LogP) is 1.26.